The number of aryl methyl sites for hydroxylation is 1. The zero-order valence-corrected chi connectivity index (χ0v) is 12.4. The Labute approximate surface area is 123 Å². The second-order valence-electron chi connectivity index (χ2n) is 5.55. The van der Waals surface area contributed by atoms with Gasteiger partial charge < -0.3 is 15.2 Å². The van der Waals surface area contributed by atoms with Gasteiger partial charge in [0.2, 0.25) is 0 Å². The first-order valence-corrected chi connectivity index (χ1v) is 6.61. The van der Waals surface area contributed by atoms with Crippen molar-refractivity contribution in [3.63, 3.8) is 0 Å². The molecule has 0 aliphatic rings. The number of carboxylic acid groups (broad SMARTS) is 1. The van der Waals surface area contributed by atoms with Crippen LogP contribution in [0.15, 0.2) is 18.2 Å². The Hall–Kier alpha value is -2.11. The number of aliphatic carboxylic acids is 1. The van der Waals surface area contributed by atoms with E-state index in [0.717, 1.165) is 5.56 Å². The van der Waals surface area contributed by atoms with Gasteiger partial charge in [0.15, 0.2) is 18.2 Å². The van der Waals surface area contributed by atoms with Gasteiger partial charge in [-0.3, -0.25) is 9.59 Å². The monoisotopic (exact) mass is 297 g/mol. The fourth-order valence-electron chi connectivity index (χ4n) is 1.76. The summed E-state index contributed by atoms with van der Waals surface area (Å²) in [6.07, 6.45) is 0.257. The van der Waals surface area contributed by atoms with Crippen molar-refractivity contribution in [3.05, 3.63) is 29.6 Å². The number of nitrogens with one attached hydrogen (secondary N) is 1. The lowest BCUT2D eigenvalue weighted by Crippen LogP contribution is -2.45. The molecule has 0 aliphatic heterocycles. The van der Waals surface area contributed by atoms with E-state index in [1.807, 2.05) is 0 Å². The zero-order chi connectivity index (χ0) is 16.0. The van der Waals surface area contributed by atoms with Crippen molar-refractivity contribution in [1.29, 1.82) is 0 Å². The van der Waals surface area contributed by atoms with Crippen LogP contribution in [0.3, 0.4) is 0 Å². The smallest absolute Gasteiger partial charge is 0.303 e. The molecule has 2 N–H and O–H groups in total. The number of benzene rings is 1. The molecule has 0 unspecified atom stereocenters. The molecule has 0 atom stereocenters. The first kappa shape index (κ1) is 16.9. The van der Waals surface area contributed by atoms with Crippen molar-refractivity contribution in [1.82, 2.24) is 5.32 Å². The van der Waals surface area contributed by atoms with Crippen LogP contribution in [0, 0.1) is 12.7 Å². The highest BCUT2D eigenvalue weighted by Crippen LogP contribution is 2.18. The van der Waals surface area contributed by atoms with Crippen LogP contribution in [0.2, 0.25) is 0 Å². The van der Waals surface area contributed by atoms with E-state index in [2.05, 4.69) is 5.32 Å². The molecule has 0 aliphatic carbocycles. The maximum absolute atomic E-state index is 13.4. The molecule has 116 valence electrons. The number of rotatable bonds is 7. The van der Waals surface area contributed by atoms with Crippen molar-refractivity contribution in [2.75, 3.05) is 6.61 Å². The Balaban J connectivity index is 2.50. The number of hydrogen-bond donors (Lipinski definition) is 2. The van der Waals surface area contributed by atoms with Crippen LogP contribution in [0.1, 0.15) is 32.3 Å². The summed E-state index contributed by atoms with van der Waals surface area (Å²) < 4.78 is 18.6. The molecule has 0 radical (unpaired) electrons. The molecule has 0 bridgehead atoms. The van der Waals surface area contributed by atoms with Crippen LogP contribution in [-0.2, 0) is 9.59 Å². The number of amides is 1. The van der Waals surface area contributed by atoms with E-state index in [9.17, 15) is 14.0 Å². The minimum Gasteiger partial charge on any atom is -0.481 e. The van der Waals surface area contributed by atoms with Gasteiger partial charge in [0.1, 0.15) is 0 Å². The second-order valence-corrected chi connectivity index (χ2v) is 5.55. The van der Waals surface area contributed by atoms with Crippen LogP contribution >= 0.6 is 0 Å². The van der Waals surface area contributed by atoms with Gasteiger partial charge in [-0.2, -0.15) is 0 Å². The van der Waals surface area contributed by atoms with Crippen molar-refractivity contribution in [2.45, 2.75) is 39.2 Å². The summed E-state index contributed by atoms with van der Waals surface area (Å²) in [6.45, 7) is 4.92. The topological polar surface area (TPSA) is 75.6 Å². The molecule has 0 fully saturated rings. The SMILES string of the molecule is Cc1ccc(F)c(OCC(=O)NC(C)(C)CCC(=O)O)c1. The molecule has 5 nitrogen and oxygen atoms in total. The maximum atomic E-state index is 13.4. The molecular weight excluding hydrogens is 277 g/mol. The van der Waals surface area contributed by atoms with Gasteiger partial charge in [0.25, 0.3) is 5.91 Å². The molecule has 0 spiro atoms. The summed E-state index contributed by atoms with van der Waals surface area (Å²) >= 11 is 0. The second kappa shape index (κ2) is 7.06. The van der Waals surface area contributed by atoms with Crippen molar-refractivity contribution < 1.29 is 23.8 Å². The predicted octanol–water partition coefficient (Wildman–Crippen LogP) is 2.27. The van der Waals surface area contributed by atoms with E-state index < -0.39 is 23.2 Å². The Morgan fingerprint density at radius 1 is 1.38 bits per heavy atom. The quantitative estimate of drug-likeness (QED) is 0.809. The lowest BCUT2D eigenvalue weighted by Gasteiger charge is -2.25. The molecule has 0 saturated carbocycles. The number of ether oxygens (including phenoxy) is 1. The molecule has 21 heavy (non-hydrogen) atoms. The molecule has 1 aromatic rings. The summed E-state index contributed by atoms with van der Waals surface area (Å²) in [5.41, 5.74) is 0.165. The van der Waals surface area contributed by atoms with Crippen LogP contribution in [-0.4, -0.2) is 29.1 Å². The number of carbonyl (C=O) groups excluding carboxylic acids is 1. The summed E-state index contributed by atoms with van der Waals surface area (Å²) in [4.78, 5) is 22.3. The highest BCUT2D eigenvalue weighted by molar-refractivity contribution is 5.78. The molecule has 1 amide bonds. The van der Waals surface area contributed by atoms with Gasteiger partial charge in [-0.1, -0.05) is 6.07 Å². The van der Waals surface area contributed by atoms with Gasteiger partial charge in [0, 0.05) is 12.0 Å². The molecule has 6 heteroatoms. The van der Waals surface area contributed by atoms with Crippen molar-refractivity contribution in [3.8, 4) is 5.75 Å². The maximum Gasteiger partial charge on any atom is 0.303 e. The molecule has 0 saturated heterocycles. The first-order chi connectivity index (χ1) is 9.69. The van der Waals surface area contributed by atoms with Crippen molar-refractivity contribution in [2.24, 2.45) is 0 Å². The number of carbonyl (C=O) groups is 2. The predicted molar refractivity (Wildman–Crippen MR) is 75.7 cm³/mol. The molecule has 1 rings (SSSR count). The first-order valence-electron chi connectivity index (χ1n) is 6.61. The average Bonchev–Trinajstić information content (AvgIpc) is 2.37. The van der Waals surface area contributed by atoms with E-state index in [1.54, 1.807) is 26.8 Å². The van der Waals surface area contributed by atoms with E-state index in [-0.39, 0.29) is 18.8 Å². The molecule has 0 aromatic heterocycles. The third-order valence-corrected chi connectivity index (χ3v) is 2.89. The van der Waals surface area contributed by atoms with Crippen LogP contribution < -0.4 is 10.1 Å². The highest BCUT2D eigenvalue weighted by Gasteiger charge is 2.21. The lowest BCUT2D eigenvalue weighted by atomic mass is 9.98. The van der Waals surface area contributed by atoms with E-state index in [4.69, 9.17) is 9.84 Å². The Kier molecular flexibility index (Phi) is 5.69. The standard InChI is InChI=1S/C15H20FNO4/c1-10-4-5-11(16)12(8-10)21-9-13(18)17-15(2,3)7-6-14(19)20/h4-5,8H,6-7,9H2,1-3H3,(H,17,18)(H,19,20). The molecule has 1 aromatic carbocycles. The molecule has 0 heterocycles. The van der Waals surface area contributed by atoms with Gasteiger partial charge >= 0.3 is 5.97 Å². The van der Waals surface area contributed by atoms with Crippen LogP contribution in [0.25, 0.3) is 0 Å². The van der Waals surface area contributed by atoms with Gasteiger partial charge in [-0.25, -0.2) is 4.39 Å². The van der Waals surface area contributed by atoms with Gasteiger partial charge in [-0.05, 0) is 44.9 Å². The molecular formula is C15H20FNO4. The zero-order valence-electron chi connectivity index (χ0n) is 12.4. The average molecular weight is 297 g/mol. The number of hydrogen-bond acceptors (Lipinski definition) is 3. The number of halogens is 1. The Morgan fingerprint density at radius 3 is 2.67 bits per heavy atom. The summed E-state index contributed by atoms with van der Waals surface area (Å²) in [6, 6.07) is 4.40. The van der Waals surface area contributed by atoms with E-state index >= 15 is 0 Å². The van der Waals surface area contributed by atoms with Gasteiger partial charge in [-0.15, -0.1) is 0 Å². The summed E-state index contributed by atoms with van der Waals surface area (Å²) in [5, 5.41) is 11.3. The Morgan fingerprint density at radius 2 is 2.05 bits per heavy atom. The van der Waals surface area contributed by atoms with Crippen LogP contribution in [0.4, 0.5) is 4.39 Å². The van der Waals surface area contributed by atoms with Crippen molar-refractivity contribution >= 4 is 11.9 Å². The highest BCUT2D eigenvalue weighted by atomic mass is 19.1. The third kappa shape index (κ3) is 6.25. The minimum atomic E-state index is -0.921. The lowest BCUT2D eigenvalue weighted by molar-refractivity contribution is -0.138. The fourth-order valence-corrected chi connectivity index (χ4v) is 1.76. The summed E-state index contributed by atoms with van der Waals surface area (Å²) in [7, 11) is 0. The van der Waals surface area contributed by atoms with Gasteiger partial charge in [0.05, 0.1) is 0 Å². The van der Waals surface area contributed by atoms with E-state index in [0.29, 0.717) is 6.42 Å². The fraction of sp³-hybridized carbons (Fsp3) is 0.467. The Bertz CT molecular complexity index is 528. The third-order valence-electron chi connectivity index (χ3n) is 2.89. The largest absolute Gasteiger partial charge is 0.481 e. The normalized spacial score (nSPS) is 11.0. The number of carboxylic acids is 1. The van der Waals surface area contributed by atoms with Crippen LogP contribution in [0.5, 0.6) is 5.75 Å². The van der Waals surface area contributed by atoms with E-state index in [1.165, 1.54) is 12.1 Å². The minimum absolute atomic E-state index is 0.0218. The summed E-state index contributed by atoms with van der Waals surface area (Å²) in [5.74, 6) is -1.85.